The summed E-state index contributed by atoms with van der Waals surface area (Å²) in [5, 5.41) is 3.05. The molecule has 0 aliphatic heterocycles. The lowest BCUT2D eigenvalue weighted by Crippen LogP contribution is -2.20. The highest BCUT2D eigenvalue weighted by Crippen LogP contribution is 2.25. The van der Waals surface area contributed by atoms with Crippen LogP contribution in [0.25, 0.3) is 0 Å². The van der Waals surface area contributed by atoms with Gasteiger partial charge in [-0.05, 0) is 41.1 Å². The highest BCUT2D eigenvalue weighted by Gasteiger charge is 2.06. The van der Waals surface area contributed by atoms with Gasteiger partial charge in [0.25, 0.3) is 5.91 Å². The molecule has 0 atom stereocenters. The van der Waals surface area contributed by atoms with Crippen LogP contribution < -0.4 is 5.32 Å². The first kappa shape index (κ1) is 16.5. The van der Waals surface area contributed by atoms with Gasteiger partial charge in [0, 0.05) is 16.2 Å². The third-order valence-electron chi connectivity index (χ3n) is 2.08. The molecule has 6 heteroatoms. The molecule has 106 valence electrons. The lowest BCUT2D eigenvalue weighted by Gasteiger charge is -2.06. The maximum Gasteiger partial charge on any atom is 0.331 e. The molecule has 0 fully saturated rings. The molecule has 0 unspecified atom stereocenters. The topological polar surface area (TPSA) is 55.4 Å². The number of esters is 1. The van der Waals surface area contributed by atoms with Gasteiger partial charge in [0.1, 0.15) is 0 Å². The van der Waals surface area contributed by atoms with Gasteiger partial charge in [-0.15, -0.1) is 0 Å². The first-order chi connectivity index (χ1) is 9.52. The highest BCUT2D eigenvalue weighted by molar-refractivity contribution is 9.10. The number of anilines is 1. The van der Waals surface area contributed by atoms with Gasteiger partial charge in [-0.25, -0.2) is 4.79 Å². The average Bonchev–Trinajstić information content (AvgIpc) is 2.41. The fourth-order valence-electron chi connectivity index (χ4n) is 1.20. The molecule has 1 rings (SSSR count). The van der Waals surface area contributed by atoms with Crippen molar-refractivity contribution in [1.82, 2.24) is 0 Å². The normalized spacial score (nSPS) is 10.9. The third kappa shape index (κ3) is 6.04. The second kappa shape index (κ2) is 8.55. The van der Waals surface area contributed by atoms with E-state index >= 15 is 0 Å². The lowest BCUT2D eigenvalue weighted by atomic mass is 10.3. The Morgan fingerprint density at radius 2 is 2.15 bits per heavy atom. The predicted octanol–water partition coefficient (Wildman–Crippen LogP) is 3.72. The standard InChI is InChI=1S/C14H13BrClNO3/c1-2-3-4-5-14(19)20-9-13(18)17-10-6-7-11(15)12(16)8-10/h2-8H,9H2,1H3,(H,17,18)/b3-2+,5-4+. The van der Waals surface area contributed by atoms with E-state index in [1.54, 1.807) is 30.4 Å². The summed E-state index contributed by atoms with van der Waals surface area (Å²) in [6.07, 6.45) is 6.23. The minimum absolute atomic E-state index is 0.354. The van der Waals surface area contributed by atoms with Crippen LogP contribution in [0.3, 0.4) is 0 Å². The molecule has 1 aromatic carbocycles. The molecule has 4 nitrogen and oxygen atoms in total. The summed E-state index contributed by atoms with van der Waals surface area (Å²) in [7, 11) is 0. The predicted molar refractivity (Wildman–Crippen MR) is 82.7 cm³/mol. The van der Waals surface area contributed by atoms with E-state index < -0.39 is 11.9 Å². The number of benzene rings is 1. The smallest absolute Gasteiger partial charge is 0.331 e. The van der Waals surface area contributed by atoms with Gasteiger partial charge >= 0.3 is 5.97 Å². The van der Waals surface area contributed by atoms with E-state index in [1.165, 1.54) is 12.2 Å². The molecule has 0 aliphatic carbocycles. The lowest BCUT2D eigenvalue weighted by molar-refractivity contribution is -0.142. The number of allylic oxidation sites excluding steroid dienone is 3. The van der Waals surface area contributed by atoms with Crippen LogP contribution in [0.15, 0.2) is 47.0 Å². The van der Waals surface area contributed by atoms with Gasteiger partial charge in [-0.2, -0.15) is 0 Å². The van der Waals surface area contributed by atoms with Crippen LogP contribution in [0.2, 0.25) is 5.02 Å². The van der Waals surface area contributed by atoms with Gasteiger partial charge < -0.3 is 10.1 Å². The molecule has 0 saturated carbocycles. The highest BCUT2D eigenvalue weighted by atomic mass is 79.9. The summed E-state index contributed by atoms with van der Waals surface area (Å²) in [5.41, 5.74) is 0.531. The van der Waals surface area contributed by atoms with Crippen molar-refractivity contribution in [2.45, 2.75) is 6.92 Å². The number of nitrogens with one attached hydrogen (secondary N) is 1. The van der Waals surface area contributed by atoms with Crippen molar-refractivity contribution in [3.63, 3.8) is 0 Å². The Labute approximate surface area is 130 Å². The quantitative estimate of drug-likeness (QED) is 0.496. The molecule has 1 amide bonds. The van der Waals surface area contributed by atoms with E-state index in [0.29, 0.717) is 10.7 Å². The first-order valence-electron chi connectivity index (χ1n) is 5.74. The van der Waals surface area contributed by atoms with Crippen LogP contribution in [0, 0.1) is 0 Å². The summed E-state index contributed by atoms with van der Waals surface area (Å²) in [4.78, 5) is 22.8. The summed E-state index contributed by atoms with van der Waals surface area (Å²) in [6.45, 7) is 1.47. The van der Waals surface area contributed by atoms with Crippen LogP contribution in [0.5, 0.6) is 0 Å². The molecule has 0 aromatic heterocycles. The van der Waals surface area contributed by atoms with E-state index in [-0.39, 0.29) is 6.61 Å². The zero-order valence-corrected chi connectivity index (χ0v) is 13.1. The van der Waals surface area contributed by atoms with Gasteiger partial charge in [-0.1, -0.05) is 29.8 Å². The number of carbonyl (C=O) groups excluding carboxylic acids is 2. The Morgan fingerprint density at radius 1 is 1.40 bits per heavy atom. The largest absolute Gasteiger partial charge is 0.452 e. The van der Waals surface area contributed by atoms with Crippen LogP contribution in [-0.4, -0.2) is 18.5 Å². The van der Waals surface area contributed by atoms with E-state index in [2.05, 4.69) is 21.2 Å². The van der Waals surface area contributed by atoms with Crippen LogP contribution in [0.4, 0.5) is 5.69 Å². The minimum atomic E-state index is -0.577. The van der Waals surface area contributed by atoms with E-state index in [9.17, 15) is 9.59 Å². The summed E-state index contributed by atoms with van der Waals surface area (Å²) < 4.78 is 5.50. The van der Waals surface area contributed by atoms with Crippen LogP contribution in [0.1, 0.15) is 6.92 Å². The maximum absolute atomic E-state index is 11.6. The third-order valence-corrected chi connectivity index (χ3v) is 3.32. The molecule has 0 saturated heterocycles. The zero-order chi connectivity index (χ0) is 15.0. The number of amides is 1. The Morgan fingerprint density at radius 3 is 2.80 bits per heavy atom. The number of hydrogen-bond acceptors (Lipinski definition) is 3. The summed E-state index contributed by atoms with van der Waals surface area (Å²) >= 11 is 9.14. The molecule has 0 bridgehead atoms. The molecule has 0 spiro atoms. The number of hydrogen-bond donors (Lipinski definition) is 1. The van der Waals surface area contributed by atoms with E-state index in [1.807, 2.05) is 6.92 Å². The summed E-state index contributed by atoms with van der Waals surface area (Å²) in [5.74, 6) is -1.01. The molecular formula is C14H13BrClNO3. The molecular weight excluding hydrogens is 346 g/mol. The number of halogens is 2. The summed E-state index contributed by atoms with van der Waals surface area (Å²) in [6, 6.07) is 4.99. The van der Waals surface area contributed by atoms with Crippen molar-refractivity contribution in [1.29, 1.82) is 0 Å². The van der Waals surface area contributed by atoms with Gasteiger partial charge in [0.05, 0.1) is 5.02 Å². The molecule has 0 aliphatic rings. The number of rotatable bonds is 5. The van der Waals surface area contributed by atoms with E-state index in [0.717, 1.165) is 4.47 Å². The Bertz CT molecular complexity index is 555. The molecule has 1 aromatic rings. The van der Waals surface area contributed by atoms with E-state index in [4.69, 9.17) is 16.3 Å². The maximum atomic E-state index is 11.6. The average molecular weight is 359 g/mol. The second-order valence-electron chi connectivity index (χ2n) is 3.67. The van der Waals surface area contributed by atoms with Crippen molar-refractivity contribution in [2.75, 3.05) is 11.9 Å². The second-order valence-corrected chi connectivity index (χ2v) is 4.93. The SMILES string of the molecule is C/C=C/C=C/C(=O)OCC(=O)Nc1ccc(Br)c(Cl)c1. The fourth-order valence-corrected chi connectivity index (χ4v) is 1.63. The Balaban J connectivity index is 2.44. The molecule has 20 heavy (non-hydrogen) atoms. The van der Waals surface area contributed by atoms with Crippen LogP contribution in [-0.2, 0) is 14.3 Å². The van der Waals surface area contributed by atoms with Crippen molar-refractivity contribution < 1.29 is 14.3 Å². The molecule has 0 heterocycles. The minimum Gasteiger partial charge on any atom is -0.452 e. The van der Waals surface area contributed by atoms with Crippen LogP contribution >= 0.6 is 27.5 Å². The molecule has 1 N–H and O–H groups in total. The van der Waals surface area contributed by atoms with Gasteiger partial charge in [0.15, 0.2) is 6.61 Å². The van der Waals surface area contributed by atoms with Crippen molar-refractivity contribution in [3.8, 4) is 0 Å². The first-order valence-corrected chi connectivity index (χ1v) is 6.91. The van der Waals surface area contributed by atoms with Crippen molar-refractivity contribution in [2.24, 2.45) is 0 Å². The Kier molecular flexibility index (Phi) is 7.04. The Hall–Kier alpha value is -1.59. The van der Waals surface area contributed by atoms with Gasteiger partial charge in [-0.3, -0.25) is 4.79 Å². The zero-order valence-electron chi connectivity index (χ0n) is 10.7. The number of carbonyl (C=O) groups is 2. The van der Waals surface area contributed by atoms with Gasteiger partial charge in [0.2, 0.25) is 0 Å². The monoisotopic (exact) mass is 357 g/mol. The van der Waals surface area contributed by atoms with Crippen molar-refractivity contribution in [3.05, 3.63) is 52.0 Å². The molecule has 0 radical (unpaired) electrons. The van der Waals surface area contributed by atoms with Crippen molar-refractivity contribution >= 4 is 45.1 Å². The fraction of sp³-hybridized carbons (Fsp3) is 0.143. The number of ether oxygens (including phenoxy) is 1.